The van der Waals surface area contributed by atoms with Gasteiger partial charge in [0.05, 0.1) is 23.8 Å². The lowest BCUT2D eigenvalue weighted by Gasteiger charge is -2.65. The van der Waals surface area contributed by atoms with E-state index in [0.29, 0.717) is 18.8 Å². The Labute approximate surface area is 218 Å². The zero-order chi connectivity index (χ0) is 25.6. The lowest BCUT2D eigenvalue weighted by molar-refractivity contribution is -0.450. The van der Waals surface area contributed by atoms with Crippen molar-refractivity contribution in [3.05, 3.63) is 35.8 Å². The smallest absolute Gasteiger partial charge is 0.347 e. The fraction of sp³-hybridized carbons (Fsp3) is 0.759. The van der Waals surface area contributed by atoms with Gasteiger partial charge >= 0.3 is 5.97 Å². The lowest BCUT2D eigenvalue weighted by Crippen LogP contribution is -2.71. The predicted octanol–water partition coefficient (Wildman–Crippen LogP) is 5.71. The third-order valence-corrected chi connectivity index (χ3v) is 11.9. The Balaban J connectivity index is 1.46. The van der Waals surface area contributed by atoms with Gasteiger partial charge in [-0.15, -0.1) is 11.6 Å². The van der Waals surface area contributed by atoms with Gasteiger partial charge in [0.1, 0.15) is 12.2 Å². The van der Waals surface area contributed by atoms with Gasteiger partial charge in [0, 0.05) is 10.8 Å². The maximum absolute atomic E-state index is 13.9. The Hall–Kier alpha value is -1.18. The van der Waals surface area contributed by atoms with Gasteiger partial charge in [0.15, 0.2) is 11.5 Å². The zero-order valence-electron chi connectivity index (χ0n) is 21.8. The van der Waals surface area contributed by atoms with Crippen molar-refractivity contribution < 1.29 is 28.5 Å². The number of ketones is 1. The molecule has 4 fully saturated rings. The molecule has 36 heavy (non-hydrogen) atoms. The molecule has 1 N–H and O–H groups in total. The molecule has 7 heteroatoms. The first-order chi connectivity index (χ1) is 17.1. The molecule has 6 nitrogen and oxygen atoms in total. The number of hydrogen-bond donors (Lipinski definition) is 1. The van der Waals surface area contributed by atoms with Crippen molar-refractivity contribution in [2.24, 2.45) is 28.6 Å². The average molecular weight is 519 g/mol. The highest BCUT2D eigenvalue weighted by Gasteiger charge is 2.77. The van der Waals surface area contributed by atoms with Crippen LogP contribution in [0.1, 0.15) is 78.4 Å². The second-order valence-corrected chi connectivity index (χ2v) is 12.9. The SMILES string of the molecule is CCOC1(c2ccco2)OCC(=O)[C@@]2(O1)[C@H](C)C[C@H]1[C@@H]3CCC4=CCCC[C@]4(C)[C@@]3(Cl)[C@@H](O)C[C@@]12C. The number of furan rings is 1. The molecule has 3 saturated carbocycles. The number of fused-ring (bicyclic) bond motifs is 6. The Morgan fingerprint density at radius 3 is 2.81 bits per heavy atom. The Bertz CT molecular complexity index is 1070. The largest absolute Gasteiger partial charge is 0.461 e. The quantitative estimate of drug-likeness (QED) is 0.408. The standard InChI is InChI=1S/C29H39ClO6/c1-5-34-29(24-10-8-14-33-24)35-17-23(32)28(36-29)18(2)15-21-20-12-11-19-9-6-7-13-25(19,3)27(20,30)22(31)16-26(21,28)4/h8-10,14,18,20-22,31H,5-7,11-13,15-17H2,1-4H3/t18-,20+,21+,22+,25+,26+,27+,28+,29?/m1/s1. The molecule has 1 aliphatic heterocycles. The van der Waals surface area contributed by atoms with Crippen LogP contribution in [0.15, 0.2) is 34.5 Å². The summed E-state index contributed by atoms with van der Waals surface area (Å²) in [5, 5.41) is 12.0. The van der Waals surface area contributed by atoms with Crippen LogP contribution in [0, 0.1) is 28.6 Å². The molecule has 6 rings (SSSR count). The van der Waals surface area contributed by atoms with Crippen LogP contribution >= 0.6 is 11.6 Å². The van der Waals surface area contributed by atoms with Crippen LogP contribution in [0.4, 0.5) is 0 Å². The van der Waals surface area contributed by atoms with E-state index in [1.54, 1.807) is 18.4 Å². The van der Waals surface area contributed by atoms with Gasteiger partial charge in [-0.2, -0.15) is 0 Å². The molecule has 9 atom stereocenters. The highest BCUT2D eigenvalue weighted by Crippen LogP contribution is 2.73. The number of carbonyl (C=O) groups excluding carboxylic acids is 1. The molecular weight excluding hydrogens is 480 g/mol. The van der Waals surface area contributed by atoms with Gasteiger partial charge in [-0.3, -0.25) is 4.79 Å². The first kappa shape index (κ1) is 25.1. The summed E-state index contributed by atoms with van der Waals surface area (Å²) in [4.78, 5) is 13.2. The van der Waals surface area contributed by atoms with Crippen LogP contribution in [0.3, 0.4) is 0 Å². The van der Waals surface area contributed by atoms with Crippen LogP contribution in [-0.4, -0.2) is 40.7 Å². The summed E-state index contributed by atoms with van der Waals surface area (Å²) < 4.78 is 24.6. The van der Waals surface area contributed by atoms with Crippen LogP contribution < -0.4 is 0 Å². The fourth-order valence-electron chi connectivity index (χ4n) is 9.36. The molecule has 0 aromatic carbocycles. The zero-order valence-corrected chi connectivity index (χ0v) is 22.6. The molecule has 1 aromatic heterocycles. The van der Waals surface area contributed by atoms with Gasteiger partial charge in [0.25, 0.3) is 0 Å². The number of aliphatic hydroxyl groups is 1. The van der Waals surface area contributed by atoms with Gasteiger partial charge in [-0.05, 0) is 81.8 Å². The summed E-state index contributed by atoms with van der Waals surface area (Å²) in [5.41, 5.74) is -0.633. The number of allylic oxidation sites excluding steroid dienone is 2. The second-order valence-electron chi connectivity index (χ2n) is 12.3. The van der Waals surface area contributed by atoms with E-state index in [9.17, 15) is 9.90 Å². The molecular formula is C29H39ClO6. The van der Waals surface area contributed by atoms with E-state index in [-0.39, 0.29) is 35.6 Å². The maximum atomic E-state index is 13.9. The number of rotatable bonds is 3. The fourth-order valence-corrected chi connectivity index (χ4v) is 9.92. The highest BCUT2D eigenvalue weighted by atomic mass is 35.5. The van der Waals surface area contributed by atoms with Gasteiger partial charge in [-0.1, -0.05) is 32.4 Å². The highest BCUT2D eigenvalue weighted by molar-refractivity contribution is 6.25. The van der Waals surface area contributed by atoms with Crippen molar-refractivity contribution >= 4 is 17.4 Å². The molecule has 0 radical (unpaired) electrons. The topological polar surface area (TPSA) is 78.1 Å². The third-order valence-electron chi connectivity index (χ3n) is 10.9. The Morgan fingerprint density at radius 2 is 2.08 bits per heavy atom. The Kier molecular flexibility index (Phi) is 5.69. The van der Waals surface area contributed by atoms with E-state index in [0.717, 1.165) is 38.5 Å². The number of alkyl halides is 1. The van der Waals surface area contributed by atoms with E-state index in [2.05, 4.69) is 26.8 Å². The molecule has 1 unspecified atom stereocenters. The summed E-state index contributed by atoms with van der Waals surface area (Å²) in [7, 11) is 0. The first-order valence-electron chi connectivity index (χ1n) is 13.7. The van der Waals surface area contributed by atoms with E-state index >= 15 is 0 Å². The van der Waals surface area contributed by atoms with E-state index in [1.165, 1.54) is 5.57 Å². The molecule has 0 bridgehead atoms. The number of halogens is 1. The minimum absolute atomic E-state index is 0.0827. The molecule has 198 valence electrons. The normalized spacial score (nSPS) is 50.4. The summed E-state index contributed by atoms with van der Waals surface area (Å²) in [6.07, 6.45) is 9.48. The minimum atomic E-state index is -1.60. The van der Waals surface area contributed by atoms with Crippen molar-refractivity contribution in [1.29, 1.82) is 0 Å². The number of aliphatic hydroxyl groups excluding tert-OH is 1. The second kappa shape index (κ2) is 8.16. The van der Waals surface area contributed by atoms with E-state index < -0.39 is 28.0 Å². The number of carbonyl (C=O) groups is 1. The summed E-state index contributed by atoms with van der Waals surface area (Å²) in [5.74, 6) is -1.18. The van der Waals surface area contributed by atoms with E-state index in [4.69, 9.17) is 30.2 Å². The molecule has 0 amide bonds. The van der Waals surface area contributed by atoms with Gasteiger partial charge in [-0.25, -0.2) is 0 Å². The van der Waals surface area contributed by atoms with Crippen LogP contribution in [-0.2, 0) is 25.0 Å². The monoisotopic (exact) mass is 518 g/mol. The predicted molar refractivity (Wildman–Crippen MR) is 134 cm³/mol. The molecule has 5 aliphatic rings. The van der Waals surface area contributed by atoms with Crippen molar-refractivity contribution in [1.82, 2.24) is 0 Å². The van der Waals surface area contributed by atoms with Crippen LogP contribution in [0.25, 0.3) is 0 Å². The third kappa shape index (κ3) is 2.86. The molecule has 1 saturated heterocycles. The van der Waals surface area contributed by atoms with Crippen molar-refractivity contribution in [3.63, 3.8) is 0 Å². The molecule has 1 aromatic rings. The molecule has 1 spiro atoms. The number of Topliss-reactive ketones (excluding diaryl/α,β-unsaturated/α-hetero) is 1. The van der Waals surface area contributed by atoms with Crippen molar-refractivity contribution in [3.8, 4) is 0 Å². The van der Waals surface area contributed by atoms with Crippen LogP contribution in [0.5, 0.6) is 0 Å². The lowest BCUT2D eigenvalue weighted by atomic mass is 9.44. The summed E-state index contributed by atoms with van der Waals surface area (Å²) >= 11 is 7.69. The summed E-state index contributed by atoms with van der Waals surface area (Å²) in [6.45, 7) is 8.56. The summed E-state index contributed by atoms with van der Waals surface area (Å²) in [6, 6.07) is 3.52. The van der Waals surface area contributed by atoms with Crippen molar-refractivity contribution in [2.45, 2.75) is 95.2 Å². The minimum Gasteiger partial charge on any atom is -0.461 e. The molecule has 2 heterocycles. The van der Waals surface area contributed by atoms with Crippen molar-refractivity contribution in [2.75, 3.05) is 13.2 Å². The number of hydrogen-bond acceptors (Lipinski definition) is 6. The first-order valence-corrected chi connectivity index (χ1v) is 14.1. The molecule has 4 aliphatic carbocycles. The van der Waals surface area contributed by atoms with Gasteiger partial charge < -0.3 is 23.7 Å². The van der Waals surface area contributed by atoms with Gasteiger partial charge in [0.2, 0.25) is 0 Å². The van der Waals surface area contributed by atoms with Crippen LogP contribution in [0.2, 0.25) is 0 Å². The number of ether oxygens (including phenoxy) is 3. The van der Waals surface area contributed by atoms with E-state index in [1.807, 2.05) is 6.92 Å². The Morgan fingerprint density at radius 1 is 1.28 bits per heavy atom. The maximum Gasteiger partial charge on any atom is 0.347 e. The average Bonchev–Trinajstić information content (AvgIpc) is 3.45.